The standard InChI is InChI=1S/C22H30N2O5S/c1-6-20(17-8-13-21(28-4)16(3)14-17)23-22(25)15-24(30(5,26)27)18-9-11-19(12-10-18)29-7-2/h8-14,20H,6-7,15H2,1-5H3,(H,23,25). The van der Waals surface area contributed by atoms with Crippen molar-refractivity contribution in [3.05, 3.63) is 53.6 Å². The molecule has 0 saturated heterocycles. The topological polar surface area (TPSA) is 84.9 Å². The SMILES string of the molecule is CCOc1ccc(N(CC(=O)NC(CC)c2ccc(OC)c(C)c2)S(C)(=O)=O)cc1. The number of carbonyl (C=O) groups excluding carboxylic acids is 1. The smallest absolute Gasteiger partial charge is 0.241 e. The summed E-state index contributed by atoms with van der Waals surface area (Å²) in [6.45, 7) is 5.98. The number of methoxy groups -OCH3 is 1. The van der Waals surface area contributed by atoms with Crippen molar-refractivity contribution >= 4 is 21.6 Å². The zero-order chi connectivity index (χ0) is 22.3. The fourth-order valence-corrected chi connectivity index (χ4v) is 4.04. The van der Waals surface area contributed by atoms with Crippen LogP contribution in [0.5, 0.6) is 11.5 Å². The third-order valence-electron chi connectivity index (χ3n) is 4.69. The highest BCUT2D eigenvalue weighted by atomic mass is 32.2. The molecule has 0 bridgehead atoms. The summed E-state index contributed by atoms with van der Waals surface area (Å²) in [5, 5.41) is 2.94. The lowest BCUT2D eigenvalue weighted by Crippen LogP contribution is -2.41. The van der Waals surface area contributed by atoms with Crippen LogP contribution in [-0.4, -0.2) is 40.8 Å². The summed E-state index contributed by atoms with van der Waals surface area (Å²) in [5.74, 6) is 1.04. The fourth-order valence-electron chi connectivity index (χ4n) is 3.19. The van der Waals surface area contributed by atoms with Crippen LogP contribution in [-0.2, 0) is 14.8 Å². The van der Waals surface area contributed by atoms with Gasteiger partial charge in [0.15, 0.2) is 0 Å². The molecule has 0 radical (unpaired) electrons. The molecule has 2 rings (SSSR count). The van der Waals surface area contributed by atoms with Crippen LogP contribution in [0.25, 0.3) is 0 Å². The van der Waals surface area contributed by atoms with Crippen LogP contribution >= 0.6 is 0 Å². The number of nitrogens with zero attached hydrogens (tertiary/aromatic N) is 1. The second-order valence-corrected chi connectivity index (χ2v) is 8.86. The van der Waals surface area contributed by atoms with E-state index in [-0.39, 0.29) is 18.5 Å². The summed E-state index contributed by atoms with van der Waals surface area (Å²) >= 11 is 0. The third kappa shape index (κ3) is 6.13. The van der Waals surface area contributed by atoms with E-state index < -0.39 is 10.0 Å². The molecule has 0 spiro atoms. The van der Waals surface area contributed by atoms with Crippen molar-refractivity contribution in [2.75, 3.05) is 30.8 Å². The lowest BCUT2D eigenvalue weighted by atomic mass is 10.0. The number of carbonyl (C=O) groups is 1. The molecule has 1 unspecified atom stereocenters. The van der Waals surface area contributed by atoms with Crippen LogP contribution in [0.4, 0.5) is 5.69 Å². The van der Waals surface area contributed by atoms with Crippen LogP contribution in [0, 0.1) is 6.92 Å². The minimum Gasteiger partial charge on any atom is -0.496 e. The maximum Gasteiger partial charge on any atom is 0.241 e. The van der Waals surface area contributed by atoms with Crippen molar-refractivity contribution in [3.8, 4) is 11.5 Å². The van der Waals surface area contributed by atoms with Crippen molar-refractivity contribution < 1.29 is 22.7 Å². The summed E-state index contributed by atoms with van der Waals surface area (Å²) in [6, 6.07) is 12.1. The van der Waals surface area contributed by atoms with E-state index in [1.165, 1.54) is 0 Å². The minimum absolute atomic E-state index is 0.233. The highest BCUT2D eigenvalue weighted by Crippen LogP contribution is 2.25. The number of sulfonamides is 1. The Kier molecular flexibility index (Phi) is 8.11. The molecule has 0 aromatic heterocycles. The molecule has 1 amide bonds. The molecule has 164 valence electrons. The molecule has 0 fully saturated rings. The number of anilines is 1. The van der Waals surface area contributed by atoms with Crippen LogP contribution < -0.4 is 19.1 Å². The fraction of sp³-hybridized carbons (Fsp3) is 0.409. The average molecular weight is 435 g/mol. The van der Waals surface area contributed by atoms with Gasteiger partial charge >= 0.3 is 0 Å². The average Bonchev–Trinajstić information content (AvgIpc) is 2.70. The van der Waals surface area contributed by atoms with Gasteiger partial charge in [-0.25, -0.2) is 8.42 Å². The third-order valence-corrected chi connectivity index (χ3v) is 5.83. The maximum absolute atomic E-state index is 12.7. The van der Waals surface area contributed by atoms with Gasteiger partial charge in [0.05, 0.1) is 31.7 Å². The lowest BCUT2D eigenvalue weighted by molar-refractivity contribution is -0.120. The van der Waals surface area contributed by atoms with Gasteiger partial charge in [0.25, 0.3) is 0 Å². The largest absolute Gasteiger partial charge is 0.496 e. The Balaban J connectivity index is 2.17. The summed E-state index contributed by atoms with van der Waals surface area (Å²) in [4.78, 5) is 12.7. The first-order valence-corrected chi connectivity index (χ1v) is 11.7. The van der Waals surface area contributed by atoms with E-state index in [2.05, 4.69) is 5.32 Å². The van der Waals surface area contributed by atoms with Gasteiger partial charge in [0.1, 0.15) is 18.0 Å². The zero-order valence-electron chi connectivity index (χ0n) is 18.1. The summed E-state index contributed by atoms with van der Waals surface area (Å²) < 4.78 is 36.4. The Morgan fingerprint density at radius 2 is 1.80 bits per heavy atom. The van der Waals surface area contributed by atoms with Crippen molar-refractivity contribution in [1.29, 1.82) is 0 Å². The van der Waals surface area contributed by atoms with Crippen LogP contribution in [0.1, 0.15) is 37.4 Å². The van der Waals surface area contributed by atoms with Crippen LogP contribution in [0.3, 0.4) is 0 Å². The van der Waals surface area contributed by atoms with Gasteiger partial charge in [-0.05, 0) is 61.7 Å². The van der Waals surface area contributed by atoms with E-state index in [9.17, 15) is 13.2 Å². The Bertz CT molecular complexity index is 958. The van der Waals surface area contributed by atoms with Crippen molar-refractivity contribution in [3.63, 3.8) is 0 Å². The molecular weight excluding hydrogens is 404 g/mol. The molecule has 2 aromatic carbocycles. The van der Waals surface area contributed by atoms with Gasteiger partial charge in [-0.15, -0.1) is 0 Å². The second-order valence-electron chi connectivity index (χ2n) is 6.95. The Labute approximate surface area is 179 Å². The molecule has 0 aliphatic carbocycles. The van der Waals surface area contributed by atoms with Gasteiger partial charge < -0.3 is 14.8 Å². The zero-order valence-corrected chi connectivity index (χ0v) is 19.0. The predicted octanol–water partition coefficient (Wildman–Crippen LogP) is 3.44. The molecule has 8 heteroatoms. The molecule has 2 aromatic rings. The van der Waals surface area contributed by atoms with Gasteiger partial charge in [-0.2, -0.15) is 0 Å². The number of nitrogens with one attached hydrogen (secondary N) is 1. The summed E-state index contributed by atoms with van der Waals surface area (Å²) in [5.41, 5.74) is 2.32. The molecule has 30 heavy (non-hydrogen) atoms. The van der Waals surface area contributed by atoms with Gasteiger partial charge in [-0.1, -0.05) is 19.1 Å². The first-order chi connectivity index (χ1) is 14.2. The molecule has 1 N–H and O–H groups in total. The summed E-state index contributed by atoms with van der Waals surface area (Å²) in [7, 11) is -2.03. The highest BCUT2D eigenvalue weighted by Gasteiger charge is 2.23. The second kappa shape index (κ2) is 10.3. The van der Waals surface area contributed by atoms with E-state index in [1.54, 1.807) is 31.4 Å². The first kappa shape index (κ1) is 23.5. The van der Waals surface area contributed by atoms with Crippen molar-refractivity contribution in [2.45, 2.75) is 33.2 Å². The Hall–Kier alpha value is -2.74. The normalized spacial score (nSPS) is 12.2. The molecular formula is C22H30N2O5S. The molecule has 0 saturated carbocycles. The van der Waals surface area contributed by atoms with Gasteiger partial charge in [-0.3, -0.25) is 9.10 Å². The van der Waals surface area contributed by atoms with Crippen LogP contribution in [0.2, 0.25) is 0 Å². The van der Waals surface area contributed by atoms with Crippen LogP contribution in [0.15, 0.2) is 42.5 Å². The number of amides is 1. The predicted molar refractivity (Wildman–Crippen MR) is 119 cm³/mol. The van der Waals surface area contributed by atoms with Gasteiger partial charge in [0, 0.05) is 0 Å². The van der Waals surface area contributed by atoms with Gasteiger partial charge in [0.2, 0.25) is 15.9 Å². The minimum atomic E-state index is -3.65. The lowest BCUT2D eigenvalue weighted by Gasteiger charge is -2.24. The molecule has 7 nitrogen and oxygen atoms in total. The molecule has 0 aliphatic heterocycles. The number of rotatable bonds is 10. The summed E-state index contributed by atoms with van der Waals surface area (Å²) in [6.07, 6.45) is 1.75. The maximum atomic E-state index is 12.7. The number of benzene rings is 2. The van der Waals surface area contributed by atoms with Crippen molar-refractivity contribution in [1.82, 2.24) is 5.32 Å². The van der Waals surface area contributed by atoms with Crippen molar-refractivity contribution in [2.24, 2.45) is 0 Å². The van der Waals surface area contributed by atoms with E-state index in [0.29, 0.717) is 24.5 Å². The first-order valence-electron chi connectivity index (χ1n) is 9.84. The molecule has 0 aliphatic rings. The molecule has 1 atom stereocenters. The van der Waals surface area contributed by atoms with E-state index >= 15 is 0 Å². The monoisotopic (exact) mass is 434 g/mol. The molecule has 0 heterocycles. The Morgan fingerprint density at radius 3 is 2.30 bits per heavy atom. The Morgan fingerprint density at radius 1 is 1.13 bits per heavy atom. The van der Waals surface area contributed by atoms with E-state index in [0.717, 1.165) is 27.4 Å². The number of hydrogen-bond acceptors (Lipinski definition) is 5. The number of hydrogen-bond donors (Lipinski definition) is 1. The van der Waals surface area contributed by atoms with E-state index in [1.807, 2.05) is 39.0 Å². The quantitative estimate of drug-likeness (QED) is 0.619. The van der Waals surface area contributed by atoms with E-state index in [4.69, 9.17) is 9.47 Å². The highest BCUT2D eigenvalue weighted by molar-refractivity contribution is 7.92. The number of ether oxygens (including phenoxy) is 2. The number of aryl methyl sites for hydroxylation is 1.